The molecular formula is C19H26N6O2. The van der Waals surface area contributed by atoms with Crippen LogP contribution in [0.1, 0.15) is 61.4 Å². The van der Waals surface area contributed by atoms with Crippen molar-refractivity contribution in [2.75, 3.05) is 11.9 Å². The van der Waals surface area contributed by atoms with Gasteiger partial charge in [-0.3, -0.25) is 4.79 Å². The first kappa shape index (κ1) is 17.9. The van der Waals surface area contributed by atoms with Crippen molar-refractivity contribution < 1.29 is 9.53 Å². The maximum absolute atomic E-state index is 12.3. The van der Waals surface area contributed by atoms with Crippen molar-refractivity contribution >= 4 is 11.7 Å². The molecule has 1 amide bonds. The van der Waals surface area contributed by atoms with Crippen LogP contribution in [-0.4, -0.2) is 44.3 Å². The number of carbonyl (C=O) groups is 1. The van der Waals surface area contributed by atoms with E-state index < -0.39 is 0 Å². The first-order valence-electron chi connectivity index (χ1n) is 9.78. The van der Waals surface area contributed by atoms with Gasteiger partial charge in [0.25, 0.3) is 5.91 Å². The van der Waals surface area contributed by atoms with Crippen LogP contribution in [0.15, 0.2) is 24.5 Å². The molecule has 2 N–H and O–H groups in total. The van der Waals surface area contributed by atoms with Gasteiger partial charge < -0.3 is 19.9 Å². The van der Waals surface area contributed by atoms with Gasteiger partial charge in [0.1, 0.15) is 17.7 Å². The van der Waals surface area contributed by atoms with Gasteiger partial charge in [0.15, 0.2) is 5.69 Å². The Kier molecular flexibility index (Phi) is 5.33. The molecule has 1 aliphatic carbocycles. The van der Waals surface area contributed by atoms with Crippen LogP contribution in [0.25, 0.3) is 0 Å². The molecule has 144 valence electrons. The molecule has 0 unspecified atom stereocenters. The van der Waals surface area contributed by atoms with Gasteiger partial charge in [0.2, 0.25) is 0 Å². The summed E-state index contributed by atoms with van der Waals surface area (Å²) in [5, 5.41) is 14.7. The summed E-state index contributed by atoms with van der Waals surface area (Å²) in [6, 6.07) is 3.87. The minimum atomic E-state index is -0.145. The minimum Gasteiger partial charge on any atom is -0.368 e. The number of amides is 1. The Morgan fingerprint density at radius 3 is 2.85 bits per heavy atom. The lowest BCUT2D eigenvalue weighted by atomic mass is 10.1. The molecule has 27 heavy (non-hydrogen) atoms. The van der Waals surface area contributed by atoms with Crippen molar-refractivity contribution in [2.45, 2.75) is 63.8 Å². The van der Waals surface area contributed by atoms with Gasteiger partial charge in [-0.25, -0.2) is 4.98 Å². The minimum absolute atomic E-state index is 0.0742. The smallest absolute Gasteiger partial charge is 0.272 e. The number of nitrogens with one attached hydrogen (secondary N) is 2. The zero-order chi connectivity index (χ0) is 18.6. The third kappa shape index (κ3) is 3.95. The second kappa shape index (κ2) is 8.04. The fourth-order valence-corrected chi connectivity index (χ4v) is 3.89. The number of hydrogen-bond donors (Lipinski definition) is 2. The van der Waals surface area contributed by atoms with Crippen molar-refractivity contribution in [1.29, 1.82) is 0 Å². The average molecular weight is 370 g/mol. The fourth-order valence-electron chi connectivity index (χ4n) is 3.89. The molecule has 0 bridgehead atoms. The molecule has 1 saturated heterocycles. The first-order chi connectivity index (χ1) is 13.2. The topological polar surface area (TPSA) is 94.0 Å². The highest BCUT2D eigenvalue weighted by Gasteiger charge is 2.33. The Morgan fingerprint density at radius 2 is 2.11 bits per heavy atom. The molecule has 0 radical (unpaired) electrons. The van der Waals surface area contributed by atoms with Gasteiger partial charge in [0, 0.05) is 31.6 Å². The van der Waals surface area contributed by atoms with Crippen molar-refractivity contribution in [3.63, 3.8) is 0 Å². The predicted molar refractivity (Wildman–Crippen MR) is 100 cm³/mol. The highest BCUT2D eigenvalue weighted by molar-refractivity contribution is 5.92. The molecule has 8 nitrogen and oxygen atoms in total. The van der Waals surface area contributed by atoms with E-state index in [0.29, 0.717) is 18.1 Å². The van der Waals surface area contributed by atoms with E-state index in [-0.39, 0.29) is 24.1 Å². The van der Waals surface area contributed by atoms with E-state index in [9.17, 15) is 4.79 Å². The number of aromatic nitrogens is 4. The molecular weight excluding hydrogens is 344 g/mol. The molecule has 2 aromatic heterocycles. The van der Waals surface area contributed by atoms with Crippen molar-refractivity contribution in [3.05, 3.63) is 36.0 Å². The predicted octanol–water partition coefficient (Wildman–Crippen LogP) is 2.31. The van der Waals surface area contributed by atoms with Crippen LogP contribution in [0.4, 0.5) is 5.82 Å². The zero-order valence-corrected chi connectivity index (χ0v) is 15.6. The summed E-state index contributed by atoms with van der Waals surface area (Å²) in [4.78, 5) is 16.7. The van der Waals surface area contributed by atoms with E-state index in [1.54, 1.807) is 18.3 Å². The molecule has 2 fully saturated rings. The largest absolute Gasteiger partial charge is 0.368 e. The lowest BCUT2D eigenvalue weighted by Crippen LogP contribution is -2.33. The number of aryl methyl sites for hydroxylation is 1. The molecule has 8 heteroatoms. The average Bonchev–Trinajstić information content (AvgIpc) is 3.43. The van der Waals surface area contributed by atoms with E-state index in [1.165, 1.54) is 12.8 Å². The quantitative estimate of drug-likeness (QED) is 0.810. The van der Waals surface area contributed by atoms with Gasteiger partial charge in [-0.15, -0.1) is 10.2 Å². The van der Waals surface area contributed by atoms with E-state index in [0.717, 1.165) is 31.6 Å². The van der Waals surface area contributed by atoms with Crippen LogP contribution in [0.3, 0.4) is 0 Å². The first-order valence-corrected chi connectivity index (χ1v) is 9.78. The number of rotatable bonds is 6. The zero-order valence-electron chi connectivity index (χ0n) is 15.6. The van der Waals surface area contributed by atoms with Gasteiger partial charge in [-0.2, -0.15) is 0 Å². The Morgan fingerprint density at radius 1 is 1.26 bits per heavy atom. The third-order valence-corrected chi connectivity index (χ3v) is 5.36. The summed E-state index contributed by atoms with van der Waals surface area (Å²) in [6.45, 7) is 3.62. The monoisotopic (exact) mass is 370 g/mol. The van der Waals surface area contributed by atoms with Crippen LogP contribution in [0.5, 0.6) is 0 Å². The number of nitrogens with zero attached hydrogens (tertiary/aromatic N) is 4. The number of ether oxygens (including phenoxy) is 1. The molecule has 0 aromatic carbocycles. The number of anilines is 1. The Labute approximate surface area is 158 Å². The number of hydrogen-bond acceptors (Lipinski definition) is 6. The normalized spacial score (nSPS) is 22.9. The standard InChI is InChI=1S/C19H26N6O2/c1-2-25-11-10-20-18(25)17-14(9-12-27-17)22-16-8-7-15(23-24-16)19(26)21-13-5-3-4-6-13/h7-8,10-11,13-14,17H,2-6,9,12H2,1H3,(H,21,26)(H,22,24)/t14-,17-/m0/s1. The van der Waals surface area contributed by atoms with Crippen LogP contribution < -0.4 is 10.6 Å². The summed E-state index contributed by atoms with van der Waals surface area (Å²) >= 11 is 0. The molecule has 3 heterocycles. The Balaban J connectivity index is 1.39. The number of imidazole rings is 1. The lowest BCUT2D eigenvalue weighted by molar-refractivity contribution is 0.0931. The van der Waals surface area contributed by atoms with Crippen LogP contribution in [-0.2, 0) is 11.3 Å². The highest BCUT2D eigenvalue weighted by atomic mass is 16.5. The highest BCUT2D eigenvalue weighted by Crippen LogP contribution is 2.30. The Hall–Kier alpha value is -2.48. The van der Waals surface area contributed by atoms with Crippen molar-refractivity contribution in [3.8, 4) is 0 Å². The third-order valence-electron chi connectivity index (χ3n) is 5.36. The van der Waals surface area contributed by atoms with E-state index >= 15 is 0 Å². The molecule has 2 atom stereocenters. The Bertz CT molecular complexity index is 769. The van der Waals surface area contributed by atoms with Gasteiger partial charge in [0.05, 0.1) is 6.04 Å². The van der Waals surface area contributed by atoms with E-state index in [4.69, 9.17) is 4.74 Å². The van der Waals surface area contributed by atoms with Crippen molar-refractivity contribution in [1.82, 2.24) is 25.1 Å². The van der Waals surface area contributed by atoms with Gasteiger partial charge in [-0.1, -0.05) is 12.8 Å². The molecule has 2 aromatic rings. The maximum atomic E-state index is 12.3. The molecule has 1 aliphatic heterocycles. The fraction of sp³-hybridized carbons (Fsp3) is 0.579. The van der Waals surface area contributed by atoms with Crippen LogP contribution >= 0.6 is 0 Å². The molecule has 4 rings (SSSR count). The summed E-state index contributed by atoms with van der Waals surface area (Å²) in [5.41, 5.74) is 0.355. The van der Waals surface area contributed by atoms with Gasteiger partial charge in [-0.05, 0) is 38.3 Å². The van der Waals surface area contributed by atoms with Crippen molar-refractivity contribution in [2.24, 2.45) is 0 Å². The number of carbonyl (C=O) groups excluding carboxylic acids is 1. The maximum Gasteiger partial charge on any atom is 0.272 e. The molecule has 2 aliphatic rings. The van der Waals surface area contributed by atoms with E-state index in [1.807, 2.05) is 6.20 Å². The summed E-state index contributed by atoms with van der Waals surface area (Å²) in [7, 11) is 0. The summed E-state index contributed by atoms with van der Waals surface area (Å²) in [6.07, 6.45) is 8.98. The summed E-state index contributed by atoms with van der Waals surface area (Å²) in [5.74, 6) is 1.42. The van der Waals surface area contributed by atoms with E-state index in [2.05, 4.69) is 37.3 Å². The lowest BCUT2D eigenvalue weighted by Gasteiger charge is -2.20. The van der Waals surface area contributed by atoms with Crippen LogP contribution in [0.2, 0.25) is 0 Å². The molecule has 1 saturated carbocycles. The van der Waals surface area contributed by atoms with Crippen LogP contribution in [0, 0.1) is 0 Å². The second-order valence-corrected chi connectivity index (χ2v) is 7.16. The SMILES string of the molecule is CCn1ccnc1[C@H]1OCC[C@@H]1Nc1ccc(C(=O)NC2CCCC2)nn1. The molecule has 0 spiro atoms. The second-order valence-electron chi connectivity index (χ2n) is 7.16. The summed E-state index contributed by atoms with van der Waals surface area (Å²) < 4.78 is 7.99. The van der Waals surface area contributed by atoms with Gasteiger partial charge >= 0.3 is 0 Å².